The van der Waals surface area contributed by atoms with E-state index >= 15 is 0 Å². The molecule has 2 N–H and O–H groups in total. The molecule has 0 amide bonds. The second kappa shape index (κ2) is 12.1. The SMILES string of the molecule is COc1ccc(N=Nc2c(S(=O)(=O)O)cc3cc(S(=O)(=O)O)cc(N=C(C)[O-])c3c2[O-])cc1.[Na+].[Na+]. The molecule has 0 heterocycles. The zero-order valence-corrected chi connectivity index (χ0v) is 24.6. The van der Waals surface area contributed by atoms with Gasteiger partial charge in [-0.1, -0.05) is 5.75 Å². The summed E-state index contributed by atoms with van der Waals surface area (Å²) in [6.07, 6.45) is 0. The molecular weight excluding hydrogens is 524 g/mol. The van der Waals surface area contributed by atoms with Gasteiger partial charge in [0.1, 0.15) is 10.6 Å². The number of aliphatic imine (C=N–C) groups is 1. The normalized spacial score (nSPS) is 12.3. The summed E-state index contributed by atoms with van der Waals surface area (Å²) in [5.41, 5.74) is -1.02. The predicted molar refractivity (Wildman–Crippen MR) is 113 cm³/mol. The summed E-state index contributed by atoms with van der Waals surface area (Å²) in [5.74, 6) is -1.39. The average Bonchev–Trinajstić information content (AvgIpc) is 2.71. The van der Waals surface area contributed by atoms with E-state index in [2.05, 4.69) is 15.2 Å². The molecule has 0 aliphatic heterocycles. The van der Waals surface area contributed by atoms with Gasteiger partial charge in [0.05, 0.1) is 29.1 Å². The number of ether oxygens (including phenoxy) is 1. The Balaban J connectivity index is 0.00000306. The second-order valence-electron chi connectivity index (χ2n) is 6.57. The van der Waals surface area contributed by atoms with Crippen LogP contribution in [0.15, 0.2) is 67.5 Å². The molecule has 174 valence electrons. The zero-order chi connectivity index (χ0) is 24.6. The van der Waals surface area contributed by atoms with Crippen LogP contribution in [-0.4, -0.2) is 38.9 Å². The largest absolute Gasteiger partial charge is 1.00 e. The van der Waals surface area contributed by atoms with Crippen LogP contribution in [0.25, 0.3) is 10.8 Å². The molecule has 0 spiro atoms. The summed E-state index contributed by atoms with van der Waals surface area (Å²) in [4.78, 5) is 1.87. The van der Waals surface area contributed by atoms with E-state index in [0.29, 0.717) is 5.75 Å². The Morgan fingerprint density at radius 1 is 0.943 bits per heavy atom. The van der Waals surface area contributed by atoms with Gasteiger partial charge in [-0.25, -0.2) is 0 Å². The second-order valence-corrected chi connectivity index (χ2v) is 9.38. The maximum absolute atomic E-state index is 13.1. The Kier molecular flexibility index (Phi) is 10.9. The van der Waals surface area contributed by atoms with E-state index < -0.39 is 53.0 Å². The molecule has 3 rings (SSSR count). The minimum Gasteiger partial charge on any atom is -0.870 e. The van der Waals surface area contributed by atoms with Gasteiger partial charge in [0, 0.05) is 5.39 Å². The molecule has 0 saturated carbocycles. The number of nitrogens with zero attached hydrogens (tertiary/aromatic N) is 3. The molecule has 3 aromatic carbocycles. The minimum atomic E-state index is -5.03. The van der Waals surface area contributed by atoms with Gasteiger partial charge in [-0.3, -0.25) is 14.1 Å². The van der Waals surface area contributed by atoms with Crippen molar-refractivity contribution in [1.29, 1.82) is 0 Å². The molecule has 0 aliphatic rings. The maximum atomic E-state index is 13.1. The monoisotopic (exact) mass is 539 g/mol. The van der Waals surface area contributed by atoms with E-state index in [-0.39, 0.29) is 75.6 Å². The van der Waals surface area contributed by atoms with Crippen molar-refractivity contribution < 1.29 is 100 Å². The van der Waals surface area contributed by atoms with Gasteiger partial charge in [0.15, 0.2) is 0 Å². The predicted octanol–water partition coefficient (Wildman–Crippen LogP) is -3.75. The van der Waals surface area contributed by atoms with E-state index in [1.54, 1.807) is 0 Å². The van der Waals surface area contributed by atoms with Gasteiger partial charge in [0.2, 0.25) is 0 Å². The van der Waals surface area contributed by atoms with Crippen molar-refractivity contribution in [3.8, 4) is 11.5 Å². The third-order valence-corrected chi connectivity index (χ3v) is 5.97. The fourth-order valence-electron chi connectivity index (χ4n) is 2.88. The summed E-state index contributed by atoms with van der Waals surface area (Å²) in [6.45, 7) is 1.03. The first-order chi connectivity index (χ1) is 15.3. The van der Waals surface area contributed by atoms with Crippen LogP contribution in [0.2, 0.25) is 0 Å². The quantitative estimate of drug-likeness (QED) is 0.104. The van der Waals surface area contributed by atoms with Crippen LogP contribution >= 0.6 is 0 Å². The molecule has 0 atom stereocenters. The molecule has 0 fully saturated rings. The Morgan fingerprint density at radius 3 is 2.03 bits per heavy atom. The molecule has 3 aromatic rings. The standard InChI is InChI=1S/C19H17N3O9S2.2Na/c1-10(23)20-15-9-14(32(25,26)27)7-11-8-16(33(28,29)30)18(19(24)17(11)15)22-21-12-3-5-13(31-2)6-4-12;;/h3-9,24H,1-2H3,(H,20,23)(H,25,26,27)(H,28,29,30);;/q;2*+1/p-2. The summed E-state index contributed by atoms with van der Waals surface area (Å²) in [7, 11) is -8.39. The molecule has 0 bridgehead atoms. The van der Waals surface area contributed by atoms with E-state index in [0.717, 1.165) is 25.1 Å². The molecule has 12 nitrogen and oxygen atoms in total. The van der Waals surface area contributed by atoms with Crippen molar-refractivity contribution in [2.24, 2.45) is 15.2 Å². The van der Waals surface area contributed by atoms with Crippen LogP contribution < -0.4 is 74.1 Å². The smallest absolute Gasteiger partial charge is 0.870 e. The number of rotatable bonds is 6. The zero-order valence-electron chi connectivity index (χ0n) is 19.0. The Hall–Kier alpha value is -1.59. The molecule has 0 aliphatic carbocycles. The van der Waals surface area contributed by atoms with Gasteiger partial charge in [-0.15, -0.1) is 5.11 Å². The topological polar surface area (TPSA) is 201 Å². The molecule has 0 radical (unpaired) electrons. The average molecular weight is 539 g/mol. The van der Waals surface area contributed by atoms with E-state index in [1.807, 2.05) is 0 Å². The van der Waals surface area contributed by atoms with E-state index in [1.165, 1.54) is 31.4 Å². The summed E-state index contributed by atoms with van der Waals surface area (Å²) in [5, 5.41) is 31.5. The molecule has 0 aromatic heterocycles. The maximum Gasteiger partial charge on any atom is 1.00 e. The van der Waals surface area contributed by atoms with Crippen molar-refractivity contribution in [3.63, 3.8) is 0 Å². The summed E-state index contributed by atoms with van der Waals surface area (Å²) in [6, 6.07) is 8.35. The van der Waals surface area contributed by atoms with Gasteiger partial charge >= 0.3 is 59.1 Å². The first kappa shape index (κ1) is 31.4. The number of benzene rings is 3. The first-order valence-electron chi connectivity index (χ1n) is 8.86. The summed E-state index contributed by atoms with van der Waals surface area (Å²) < 4.78 is 71.1. The molecule has 16 heteroatoms. The van der Waals surface area contributed by atoms with Crippen LogP contribution in [0.5, 0.6) is 11.5 Å². The van der Waals surface area contributed by atoms with Crippen LogP contribution in [0, 0.1) is 0 Å². The van der Waals surface area contributed by atoms with Crippen LogP contribution in [0.3, 0.4) is 0 Å². The first-order valence-corrected chi connectivity index (χ1v) is 11.7. The fraction of sp³-hybridized carbons (Fsp3) is 0.105. The molecular formula is C19H15N3Na2O9S2. The van der Waals surface area contributed by atoms with Crippen molar-refractivity contribution >= 4 is 54.0 Å². The van der Waals surface area contributed by atoms with Gasteiger partial charge in [-0.05, 0) is 60.7 Å². The van der Waals surface area contributed by atoms with Gasteiger partial charge in [-0.2, -0.15) is 21.9 Å². The molecule has 35 heavy (non-hydrogen) atoms. The Labute approximate surface area is 244 Å². The van der Waals surface area contributed by atoms with Crippen LogP contribution in [-0.2, 0) is 20.2 Å². The molecule has 0 unspecified atom stereocenters. The third kappa shape index (κ3) is 7.45. The van der Waals surface area contributed by atoms with Gasteiger partial charge < -0.3 is 14.9 Å². The van der Waals surface area contributed by atoms with Crippen LogP contribution in [0.4, 0.5) is 17.1 Å². The van der Waals surface area contributed by atoms with E-state index in [4.69, 9.17) is 4.74 Å². The van der Waals surface area contributed by atoms with Crippen molar-refractivity contribution in [2.45, 2.75) is 16.7 Å². The third-order valence-electron chi connectivity index (χ3n) is 4.28. The molecule has 0 saturated heterocycles. The number of fused-ring (bicyclic) bond motifs is 1. The minimum absolute atomic E-state index is 0. The van der Waals surface area contributed by atoms with Crippen molar-refractivity contribution in [3.05, 3.63) is 42.5 Å². The summed E-state index contributed by atoms with van der Waals surface area (Å²) >= 11 is 0. The van der Waals surface area contributed by atoms with Crippen LogP contribution in [0.1, 0.15) is 6.92 Å². The Morgan fingerprint density at radius 2 is 1.54 bits per heavy atom. The van der Waals surface area contributed by atoms with E-state index in [9.17, 15) is 36.2 Å². The number of hydrogen-bond acceptors (Lipinski definition) is 10. The van der Waals surface area contributed by atoms with Gasteiger partial charge in [0.25, 0.3) is 20.2 Å². The van der Waals surface area contributed by atoms with Crippen molar-refractivity contribution in [2.75, 3.05) is 7.11 Å². The number of methoxy groups -OCH3 is 1. The number of hydrogen-bond donors (Lipinski definition) is 2. The number of azo groups is 1. The Bertz CT molecular complexity index is 1520. The fourth-order valence-corrected chi connectivity index (χ4v) is 4.07. The van der Waals surface area contributed by atoms with Crippen molar-refractivity contribution in [1.82, 2.24) is 0 Å².